The second-order valence-electron chi connectivity index (χ2n) is 15.8. The Morgan fingerprint density at radius 2 is 1.00 bits per heavy atom. The van der Waals surface area contributed by atoms with Crippen LogP contribution in [0.4, 0.5) is 10.7 Å². The first-order chi connectivity index (χ1) is 28.2. The number of imide groups is 2. The average Bonchev–Trinajstić information content (AvgIpc) is 3.80. The van der Waals surface area contributed by atoms with E-state index in [1.54, 1.807) is 0 Å². The Hall–Kier alpha value is -5.14. The number of hydrogen-bond acceptors (Lipinski definition) is 8. The highest BCUT2D eigenvalue weighted by Crippen LogP contribution is 2.55. The molecule has 4 heterocycles. The number of benzene rings is 2. The van der Waals surface area contributed by atoms with E-state index in [1.165, 1.54) is 9.80 Å². The van der Waals surface area contributed by atoms with E-state index in [0.717, 1.165) is 125 Å². The molecular weight excluding hydrogens is 765 g/mol. The van der Waals surface area contributed by atoms with Gasteiger partial charge in [0.1, 0.15) is 17.0 Å². The molecule has 0 bridgehead atoms. The van der Waals surface area contributed by atoms with Crippen LogP contribution in [0.15, 0.2) is 0 Å². The Kier molecular flexibility index (Phi) is 13.6. The summed E-state index contributed by atoms with van der Waals surface area (Å²) in [4.78, 5) is 70.3. The summed E-state index contributed by atoms with van der Waals surface area (Å²) in [5, 5.41) is 21.4. The van der Waals surface area contributed by atoms with Crippen LogP contribution in [0.3, 0.4) is 0 Å². The van der Waals surface area contributed by atoms with Gasteiger partial charge in [-0.1, -0.05) is 105 Å². The molecule has 0 spiro atoms. The Morgan fingerprint density at radius 3 is 1.43 bits per heavy atom. The van der Waals surface area contributed by atoms with Gasteiger partial charge in [-0.05, 0) is 37.5 Å². The number of rotatable bonds is 20. The summed E-state index contributed by atoms with van der Waals surface area (Å²) in [7, 11) is 0. The molecule has 2 aromatic carbocycles. The zero-order valence-electron chi connectivity index (χ0n) is 34.0. The van der Waals surface area contributed by atoms with Crippen molar-refractivity contribution in [1.29, 1.82) is 10.5 Å². The minimum atomic E-state index is -0.630. The van der Waals surface area contributed by atoms with Crippen molar-refractivity contribution < 1.29 is 19.2 Å². The number of carbonyl (C=O) groups excluding carboxylic acids is 4. The predicted octanol–water partition coefficient (Wildman–Crippen LogP) is 12.9. The molecule has 0 N–H and O–H groups in total. The highest BCUT2D eigenvalue weighted by Gasteiger charge is 2.46. The summed E-state index contributed by atoms with van der Waals surface area (Å²) in [6, 6.07) is 4.26. The molecule has 2 aliphatic rings. The maximum atomic E-state index is 15.1. The van der Waals surface area contributed by atoms with Gasteiger partial charge in [-0.15, -0.1) is 11.3 Å². The molecule has 0 saturated carbocycles. The number of hydrogen-bond donors (Lipinski definition) is 0. The normalized spacial score (nSPS) is 14.6. The highest BCUT2D eigenvalue weighted by atomic mass is 32.1. The summed E-state index contributed by atoms with van der Waals surface area (Å²) >= 11 is 1.89. The van der Waals surface area contributed by atoms with Crippen LogP contribution in [0.2, 0.25) is 0 Å². The van der Waals surface area contributed by atoms with Crippen molar-refractivity contribution in [3.8, 4) is 12.1 Å². The molecule has 2 aromatic heterocycles. The van der Waals surface area contributed by atoms with E-state index in [-0.39, 0.29) is 99.3 Å². The third-order valence-electron chi connectivity index (χ3n) is 12.0. The molecule has 4 aromatic rings. The van der Waals surface area contributed by atoms with E-state index in [4.69, 9.17) is 13.1 Å². The number of amides is 4. The Morgan fingerprint density at radius 1 is 0.552 bits per heavy atom. The Bertz CT molecular complexity index is 2310. The molecule has 12 heteroatoms. The van der Waals surface area contributed by atoms with Crippen molar-refractivity contribution in [1.82, 2.24) is 9.80 Å². The van der Waals surface area contributed by atoms with Crippen LogP contribution in [0.25, 0.3) is 40.6 Å². The standard InChI is InChI=1S/C46H50N6O4S2/c1-7-11-15-17-21-27(19-13-9-3)25-51-43(53)34-31-29(23-47)30(24-48)57-40(31)37-33-32(34)38(46(51)56)41-36(39(49-5)42(50-6)58-41)35(33)44(54)52(45(37)55)26-28(20-14-10-4)22-18-16-12-8-2/h27-28H,7-22,25-26H2,1-4H3. The maximum Gasteiger partial charge on any atom is 0.262 e. The van der Waals surface area contributed by atoms with Crippen LogP contribution in [-0.4, -0.2) is 46.5 Å². The van der Waals surface area contributed by atoms with Crippen molar-refractivity contribution in [3.05, 3.63) is 55.5 Å². The van der Waals surface area contributed by atoms with Gasteiger partial charge < -0.3 is 0 Å². The van der Waals surface area contributed by atoms with Crippen LogP contribution in [0.1, 0.15) is 182 Å². The van der Waals surface area contributed by atoms with Crippen molar-refractivity contribution in [3.63, 3.8) is 0 Å². The van der Waals surface area contributed by atoms with Gasteiger partial charge in [0, 0.05) is 44.9 Å². The van der Waals surface area contributed by atoms with E-state index in [9.17, 15) is 10.5 Å². The highest BCUT2D eigenvalue weighted by molar-refractivity contribution is 7.24. The van der Waals surface area contributed by atoms with E-state index in [0.29, 0.717) is 0 Å². The van der Waals surface area contributed by atoms with Crippen LogP contribution in [0, 0.1) is 47.6 Å². The van der Waals surface area contributed by atoms with Gasteiger partial charge in [0.2, 0.25) is 10.7 Å². The minimum absolute atomic E-state index is 0.0121. The first kappa shape index (κ1) is 42.5. The van der Waals surface area contributed by atoms with Crippen LogP contribution >= 0.6 is 22.7 Å². The number of thiophene rings is 2. The average molecular weight is 815 g/mol. The third-order valence-corrected chi connectivity index (χ3v) is 14.2. The second-order valence-corrected chi connectivity index (χ2v) is 17.8. The van der Waals surface area contributed by atoms with Crippen molar-refractivity contribution in [2.75, 3.05) is 13.1 Å². The number of fused-ring (bicyclic) bond motifs is 6. The molecule has 0 radical (unpaired) electrons. The summed E-state index contributed by atoms with van der Waals surface area (Å²) in [6.45, 7) is 25.0. The smallest absolute Gasteiger partial charge is 0.262 e. The van der Waals surface area contributed by atoms with Crippen LogP contribution < -0.4 is 0 Å². The third kappa shape index (κ3) is 7.38. The topological polar surface area (TPSA) is 131 Å². The molecule has 2 unspecified atom stereocenters. The summed E-state index contributed by atoms with van der Waals surface area (Å²) < 4.78 is 0.494. The van der Waals surface area contributed by atoms with Crippen molar-refractivity contribution >= 4 is 87.9 Å². The largest absolute Gasteiger partial charge is 0.274 e. The van der Waals surface area contributed by atoms with Crippen molar-refractivity contribution in [2.24, 2.45) is 11.8 Å². The lowest BCUT2D eigenvalue weighted by Crippen LogP contribution is -2.46. The van der Waals surface area contributed by atoms with Gasteiger partial charge in [0.15, 0.2) is 0 Å². The fourth-order valence-corrected chi connectivity index (χ4v) is 11.2. The zero-order chi connectivity index (χ0) is 41.7. The summed E-state index contributed by atoms with van der Waals surface area (Å²) in [6.07, 6.45) is 15.3. The molecular formula is C46H50N6O4S2. The molecule has 2 aliphatic heterocycles. The van der Waals surface area contributed by atoms with Crippen LogP contribution in [0.5, 0.6) is 0 Å². The molecule has 58 heavy (non-hydrogen) atoms. The van der Waals surface area contributed by atoms with E-state index < -0.39 is 23.6 Å². The Balaban J connectivity index is 1.66. The molecule has 10 nitrogen and oxygen atoms in total. The molecule has 0 aliphatic carbocycles. The quantitative estimate of drug-likeness (QED) is 0.0496. The molecule has 4 amide bonds. The number of unbranched alkanes of at least 4 members (excludes halogenated alkanes) is 8. The monoisotopic (exact) mass is 814 g/mol. The first-order valence-corrected chi connectivity index (χ1v) is 22.7. The van der Waals surface area contributed by atoms with Crippen LogP contribution in [-0.2, 0) is 0 Å². The van der Waals surface area contributed by atoms with Gasteiger partial charge in [0.25, 0.3) is 23.6 Å². The van der Waals surface area contributed by atoms with Crippen molar-refractivity contribution in [2.45, 2.75) is 130 Å². The fraction of sp³-hybridized carbons (Fsp3) is 0.522. The van der Waals surface area contributed by atoms with Gasteiger partial charge in [-0.2, -0.15) is 21.9 Å². The Labute approximate surface area is 349 Å². The van der Waals surface area contributed by atoms with Gasteiger partial charge in [-0.25, -0.2) is 9.69 Å². The second kappa shape index (κ2) is 18.6. The molecule has 0 fully saturated rings. The van der Waals surface area contributed by atoms with Gasteiger partial charge in [0.05, 0.1) is 40.1 Å². The number of carbonyl (C=O) groups is 4. The van der Waals surface area contributed by atoms with E-state index >= 15 is 19.2 Å². The lowest BCUT2D eigenvalue weighted by atomic mass is 9.81. The van der Waals surface area contributed by atoms with E-state index in [2.05, 4.69) is 49.5 Å². The lowest BCUT2D eigenvalue weighted by Gasteiger charge is -2.35. The number of nitriles is 2. The van der Waals surface area contributed by atoms with E-state index in [1.807, 2.05) is 0 Å². The molecule has 0 saturated heterocycles. The first-order valence-electron chi connectivity index (χ1n) is 21.0. The SMILES string of the molecule is [C-]#[N+]c1sc2c3c4c(c5c(C#N)c(C#N)sc5c5c4c(c2c1[N+]#[C-])C(=O)N(CC(CCCC)CCCCCC)C5=O)C(=O)N(CC(CCCC)CCCCCC)C3=O. The molecule has 2 atom stereocenters. The maximum absolute atomic E-state index is 15.1. The summed E-state index contributed by atoms with van der Waals surface area (Å²) in [5.74, 6) is -2.44. The lowest BCUT2D eigenvalue weighted by molar-refractivity contribution is 0.0560. The summed E-state index contributed by atoms with van der Waals surface area (Å²) in [5.41, 5.74) is 0.0722. The zero-order valence-corrected chi connectivity index (χ0v) is 35.6. The number of nitrogens with zero attached hydrogens (tertiary/aromatic N) is 6. The molecule has 300 valence electrons. The molecule has 6 rings (SSSR count). The van der Waals surface area contributed by atoms with Gasteiger partial charge in [-0.3, -0.25) is 29.0 Å². The predicted molar refractivity (Wildman–Crippen MR) is 231 cm³/mol. The fourth-order valence-electron chi connectivity index (χ4n) is 9.02. The van der Waals surface area contributed by atoms with Gasteiger partial charge >= 0.3 is 0 Å². The minimum Gasteiger partial charge on any atom is -0.274 e.